The average molecular weight is 302 g/mol. The maximum atomic E-state index is 12.5. The second kappa shape index (κ2) is 11.0. The van der Waals surface area contributed by atoms with Crippen molar-refractivity contribution in [3.05, 3.63) is 60.2 Å². The first kappa shape index (κ1) is 20.3. The first-order valence-corrected chi connectivity index (χ1v) is 7.87. The predicted molar refractivity (Wildman–Crippen MR) is 95.0 cm³/mol. The summed E-state index contributed by atoms with van der Waals surface area (Å²) in [5.74, 6) is 0.394. The van der Waals surface area contributed by atoms with Crippen LogP contribution in [-0.4, -0.2) is 18.0 Å². The molecule has 1 saturated carbocycles. The number of allylic oxidation sites excluding steroid dienone is 3. The smallest absolute Gasteiger partial charge is 0.147 e. The summed E-state index contributed by atoms with van der Waals surface area (Å²) < 4.78 is 0. The van der Waals surface area contributed by atoms with Gasteiger partial charge in [0.1, 0.15) is 5.78 Å². The van der Waals surface area contributed by atoms with Crippen LogP contribution in [0.2, 0.25) is 0 Å². The van der Waals surface area contributed by atoms with Crippen molar-refractivity contribution in [3.63, 3.8) is 0 Å². The fourth-order valence-corrected chi connectivity index (χ4v) is 2.95. The zero-order valence-electron chi connectivity index (χ0n) is 14.4. The Morgan fingerprint density at radius 2 is 1.73 bits per heavy atom. The molecule has 2 rings (SSSR count). The lowest BCUT2D eigenvalue weighted by molar-refractivity contribution is -0.125. The zero-order valence-corrected chi connectivity index (χ0v) is 14.4. The summed E-state index contributed by atoms with van der Waals surface area (Å²) in [6.07, 6.45) is 7.72. The molecule has 0 aliphatic heterocycles. The Bertz CT molecular complexity index is 474. The van der Waals surface area contributed by atoms with E-state index in [0.717, 1.165) is 32.8 Å². The Labute approximate surface area is 135 Å². The van der Waals surface area contributed by atoms with Crippen molar-refractivity contribution in [2.24, 2.45) is 0 Å². The maximum Gasteiger partial charge on any atom is 0.147 e. The van der Waals surface area contributed by atoms with Crippen molar-refractivity contribution in [3.8, 4) is 0 Å². The number of aliphatic hydroxyl groups excluding tert-OH is 1. The lowest BCUT2D eigenvalue weighted by Crippen LogP contribution is -2.39. The zero-order chi connectivity index (χ0) is 17.0. The molecule has 0 aromatic heterocycles. The largest absolute Gasteiger partial charge is 0.400 e. The van der Waals surface area contributed by atoms with Crippen LogP contribution in [0, 0.1) is 0 Å². The molecule has 1 unspecified atom stereocenters. The number of aliphatic hydroxyl groups is 1. The molecule has 2 heteroatoms. The number of benzene rings is 1. The van der Waals surface area contributed by atoms with Crippen LogP contribution in [0.1, 0.15) is 52.0 Å². The second-order valence-electron chi connectivity index (χ2n) is 5.28. The molecule has 1 aliphatic carbocycles. The third-order valence-corrected chi connectivity index (χ3v) is 4.05. The van der Waals surface area contributed by atoms with Crippen LogP contribution in [0.15, 0.2) is 54.6 Å². The standard InChI is InChI=1S/C16H20O.C3H6.CH4O/c1-3-13(2)16(12-8-7-11-15(16)17)14-9-5-4-6-10-14;1-3-2;1-2/h3-6,9-10H,7-8,11-12H2,1-2H3;3H,1H2,2H3;2H,1H3/b13-3+;;. The molecule has 0 saturated heterocycles. The van der Waals surface area contributed by atoms with E-state index in [1.807, 2.05) is 32.0 Å². The summed E-state index contributed by atoms with van der Waals surface area (Å²) in [6.45, 7) is 9.37. The first-order valence-electron chi connectivity index (χ1n) is 7.87. The molecule has 22 heavy (non-hydrogen) atoms. The number of hydrogen-bond acceptors (Lipinski definition) is 2. The van der Waals surface area contributed by atoms with E-state index in [9.17, 15) is 4.79 Å². The average Bonchev–Trinajstić information content (AvgIpc) is 2.58. The quantitative estimate of drug-likeness (QED) is 0.794. The lowest BCUT2D eigenvalue weighted by Gasteiger charge is -2.37. The fourth-order valence-electron chi connectivity index (χ4n) is 2.95. The highest BCUT2D eigenvalue weighted by Crippen LogP contribution is 2.42. The molecule has 0 bridgehead atoms. The summed E-state index contributed by atoms with van der Waals surface area (Å²) in [6, 6.07) is 10.3. The van der Waals surface area contributed by atoms with E-state index in [-0.39, 0.29) is 5.41 Å². The summed E-state index contributed by atoms with van der Waals surface area (Å²) in [4.78, 5) is 12.5. The third kappa shape index (κ3) is 4.67. The summed E-state index contributed by atoms with van der Waals surface area (Å²) >= 11 is 0. The van der Waals surface area contributed by atoms with Crippen molar-refractivity contribution >= 4 is 5.78 Å². The number of hydrogen-bond donors (Lipinski definition) is 1. The predicted octanol–water partition coefficient (Wildman–Crippen LogP) is 4.83. The van der Waals surface area contributed by atoms with Gasteiger partial charge in [0.05, 0.1) is 5.41 Å². The number of carbonyl (C=O) groups excluding carboxylic acids is 1. The van der Waals surface area contributed by atoms with E-state index >= 15 is 0 Å². The molecule has 1 aromatic rings. The van der Waals surface area contributed by atoms with Crippen LogP contribution >= 0.6 is 0 Å². The van der Waals surface area contributed by atoms with Gasteiger partial charge in [-0.1, -0.05) is 54.5 Å². The molecule has 0 heterocycles. The Morgan fingerprint density at radius 3 is 2.18 bits per heavy atom. The lowest BCUT2D eigenvalue weighted by atomic mass is 9.64. The maximum absolute atomic E-state index is 12.5. The SMILES string of the molecule is C/C=C(\C)C1(c2ccccc2)CCCCC1=O.C=CC.CO. The van der Waals surface area contributed by atoms with Crippen LogP contribution in [0.4, 0.5) is 0 Å². The molecule has 1 N–H and O–H groups in total. The molecule has 1 fully saturated rings. The van der Waals surface area contributed by atoms with E-state index in [1.165, 1.54) is 11.1 Å². The fraction of sp³-hybridized carbons (Fsp3) is 0.450. The second-order valence-corrected chi connectivity index (χ2v) is 5.28. The van der Waals surface area contributed by atoms with Crippen LogP contribution in [0.5, 0.6) is 0 Å². The monoisotopic (exact) mass is 302 g/mol. The van der Waals surface area contributed by atoms with Gasteiger partial charge in [-0.2, -0.15) is 0 Å². The minimum atomic E-state index is -0.339. The van der Waals surface area contributed by atoms with Crippen molar-refractivity contribution < 1.29 is 9.90 Å². The van der Waals surface area contributed by atoms with Gasteiger partial charge < -0.3 is 5.11 Å². The van der Waals surface area contributed by atoms with Crippen LogP contribution in [-0.2, 0) is 10.2 Å². The van der Waals surface area contributed by atoms with Gasteiger partial charge in [0.15, 0.2) is 0 Å². The Hall–Kier alpha value is -1.67. The molecule has 0 radical (unpaired) electrons. The highest BCUT2D eigenvalue weighted by molar-refractivity contribution is 5.94. The highest BCUT2D eigenvalue weighted by atomic mass is 16.2. The van der Waals surface area contributed by atoms with Crippen molar-refractivity contribution in [2.75, 3.05) is 7.11 Å². The molecule has 1 atom stereocenters. The molecule has 1 aliphatic rings. The van der Waals surface area contributed by atoms with Gasteiger partial charge in [0, 0.05) is 13.5 Å². The Balaban J connectivity index is 0.000000789. The number of rotatable bonds is 2. The van der Waals surface area contributed by atoms with Gasteiger partial charge in [-0.05, 0) is 39.2 Å². The van der Waals surface area contributed by atoms with Gasteiger partial charge >= 0.3 is 0 Å². The van der Waals surface area contributed by atoms with Gasteiger partial charge in [-0.3, -0.25) is 4.79 Å². The molecule has 122 valence electrons. The van der Waals surface area contributed by atoms with Crippen LogP contribution in [0.25, 0.3) is 0 Å². The number of Topliss-reactive ketones (excluding diaryl/α,β-unsaturated/α-hetero) is 1. The van der Waals surface area contributed by atoms with Gasteiger partial charge in [0.2, 0.25) is 0 Å². The van der Waals surface area contributed by atoms with Crippen molar-refractivity contribution in [1.82, 2.24) is 0 Å². The van der Waals surface area contributed by atoms with Gasteiger partial charge in [-0.15, -0.1) is 6.58 Å². The molecular formula is C20H30O2. The van der Waals surface area contributed by atoms with E-state index < -0.39 is 0 Å². The minimum Gasteiger partial charge on any atom is -0.400 e. The van der Waals surface area contributed by atoms with E-state index in [0.29, 0.717) is 5.78 Å². The Kier molecular flexibility index (Phi) is 10.1. The summed E-state index contributed by atoms with van der Waals surface area (Å²) in [5, 5.41) is 7.00. The van der Waals surface area contributed by atoms with Crippen molar-refractivity contribution in [2.45, 2.75) is 51.9 Å². The van der Waals surface area contributed by atoms with Crippen LogP contribution < -0.4 is 0 Å². The van der Waals surface area contributed by atoms with Crippen molar-refractivity contribution in [1.29, 1.82) is 0 Å². The molecule has 2 nitrogen and oxygen atoms in total. The highest BCUT2D eigenvalue weighted by Gasteiger charge is 2.42. The molecule has 0 spiro atoms. The van der Waals surface area contributed by atoms with E-state index in [2.05, 4.69) is 31.7 Å². The van der Waals surface area contributed by atoms with E-state index in [1.54, 1.807) is 6.08 Å². The number of ketones is 1. The first-order chi connectivity index (χ1) is 10.6. The normalized spacial score (nSPS) is 21.0. The van der Waals surface area contributed by atoms with Gasteiger partial charge in [0.25, 0.3) is 0 Å². The minimum absolute atomic E-state index is 0.339. The van der Waals surface area contributed by atoms with Gasteiger partial charge in [-0.25, -0.2) is 0 Å². The summed E-state index contributed by atoms with van der Waals surface area (Å²) in [7, 11) is 1.00. The third-order valence-electron chi connectivity index (χ3n) is 4.05. The molecular weight excluding hydrogens is 272 g/mol. The number of carbonyl (C=O) groups is 1. The molecule has 0 amide bonds. The van der Waals surface area contributed by atoms with Crippen LogP contribution in [0.3, 0.4) is 0 Å². The summed E-state index contributed by atoms with van der Waals surface area (Å²) in [5.41, 5.74) is 2.03. The topological polar surface area (TPSA) is 37.3 Å². The van der Waals surface area contributed by atoms with E-state index in [4.69, 9.17) is 5.11 Å². The molecule has 1 aromatic carbocycles. The Morgan fingerprint density at radius 1 is 1.18 bits per heavy atom.